The van der Waals surface area contributed by atoms with Crippen molar-refractivity contribution in [2.75, 3.05) is 16.8 Å². The molecular weight excluding hydrogens is 422 g/mol. The van der Waals surface area contributed by atoms with Crippen LogP contribution in [0.15, 0.2) is 72.8 Å². The van der Waals surface area contributed by atoms with Gasteiger partial charge in [0.25, 0.3) is 11.8 Å². The van der Waals surface area contributed by atoms with Gasteiger partial charge in [-0.3, -0.25) is 14.9 Å². The summed E-state index contributed by atoms with van der Waals surface area (Å²) in [6.07, 6.45) is 0.891. The molecule has 0 saturated heterocycles. The third-order valence-electron chi connectivity index (χ3n) is 5.05. The average Bonchev–Trinajstić information content (AvgIpc) is 3.15. The number of nitrogens with one attached hydrogen (secondary N) is 2. The van der Waals surface area contributed by atoms with Crippen LogP contribution in [0, 0.1) is 0 Å². The molecule has 0 fully saturated rings. The number of nitrogens with zero attached hydrogens (tertiary/aromatic N) is 1. The number of fused-ring (bicyclic) bond motifs is 1. The van der Waals surface area contributed by atoms with Crippen molar-refractivity contribution in [1.29, 1.82) is 0 Å². The van der Waals surface area contributed by atoms with Crippen LogP contribution in [0.1, 0.15) is 39.6 Å². The molecule has 0 saturated carbocycles. The molecule has 0 aromatic heterocycles. The molecule has 1 aliphatic heterocycles. The van der Waals surface area contributed by atoms with E-state index in [9.17, 15) is 9.59 Å². The quantitative estimate of drug-likeness (QED) is 0.535. The lowest BCUT2D eigenvalue weighted by Crippen LogP contribution is -2.34. The van der Waals surface area contributed by atoms with E-state index in [0.717, 1.165) is 23.2 Å². The van der Waals surface area contributed by atoms with Crippen LogP contribution in [-0.2, 0) is 6.54 Å². The topological polar surface area (TPSA) is 70.7 Å². The molecule has 6 nitrogen and oxygen atoms in total. The third kappa shape index (κ3) is 4.78. The van der Waals surface area contributed by atoms with E-state index >= 15 is 0 Å². The van der Waals surface area contributed by atoms with Crippen LogP contribution in [0.2, 0.25) is 0 Å². The molecule has 7 heteroatoms. The number of rotatable bonds is 6. The van der Waals surface area contributed by atoms with E-state index in [1.165, 1.54) is 0 Å². The highest BCUT2D eigenvalue weighted by Gasteiger charge is 2.27. The van der Waals surface area contributed by atoms with Crippen molar-refractivity contribution in [2.45, 2.75) is 19.9 Å². The van der Waals surface area contributed by atoms with Crippen molar-refractivity contribution in [3.8, 4) is 5.75 Å². The van der Waals surface area contributed by atoms with Crippen molar-refractivity contribution in [2.24, 2.45) is 0 Å². The number of hydrogen-bond acceptors (Lipinski definition) is 4. The first-order chi connectivity index (χ1) is 15.5. The van der Waals surface area contributed by atoms with E-state index in [2.05, 4.69) is 10.6 Å². The molecule has 3 aromatic carbocycles. The van der Waals surface area contributed by atoms with Gasteiger partial charge in [0, 0.05) is 22.5 Å². The fraction of sp³-hybridized carbons (Fsp3) is 0.160. The van der Waals surface area contributed by atoms with Crippen molar-refractivity contribution in [1.82, 2.24) is 5.32 Å². The Morgan fingerprint density at radius 1 is 1.06 bits per heavy atom. The number of carbonyl (C=O) groups excluding carboxylic acids is 2. The van der Waals surface area contributed by atoms with Crippen LogP contribution >= 0.6 is 12.2 Å². The number of carbonyl (C=O) groups is 2. The smallest absolute Gasteiger partial charge is 0.258 e. The summed E-state index contributed by atoms with van der Waals surface area (Å²) in [4.78, 5) is 26.9. The lowest BCUT2D eigenvalue weighted by molar-refractivity contribution is 0.0974. The lowest BCUT2D eigenvalue weighted by Gasteiger charge is -2.17. The van der Waals surface area contributed by atoms with Crippen molar-refractivity contribution < 1.29 is 14.3 Å². The Morgan fingerprint density at radius 2 is 1.84 bits per heavy atom. The minimum atomic E-state index is -0.318. The highest BCUT2D eigenvalue weighted by atomic mass is 32.1. The lowest BCUT2D eigenvalue weighted by atomic mass is 10.1. The Kier molecular flexibility index (Phi) is 6.47. The minimum absolute atomic E-state index is 0.00533. The minimum Gasteiger partial charge on any atom is -0.494 e. The Morgan fingerprint density at radius 3 is 2.59 bits per heavy atom. The van der Waals surface area contributed by atoms with Crippen LogP contribution < -0.4 is 20.3 Å². The van der Waals surface area contributed by atoms with Gasteiger partial charge < -0.3 is 15.0 Å². The van der Waals surface area contributed by atoms with Crippen LogP contribution in [-0.4, -0.2) is 23.5 Å². The first kappa shape index (κ1) is 21.5. The fourth-order valence-corrected chi connectivity index (χ4v) is 3.68. The number of hydrogen-bond donors (Lipinski definition) is 2. The maximum atomic E-state index is 12.6. The summed E-state index contributed by atoms with van der Waals surface area (Å²) in [5, 5.41) is 5.87. The van der Waals surface area contributed by atoms with E-state index in [0.29, 0.717) is 30.2 Å². The molecule has 0 bridgehead atoms. The number of thiocarbonyl (C=S) groups is 1. The predicted molar refractivity (Wildman–Crippen MR) is 129 cm³/mol. The van der Waals surface area contributed by atoms with E-state index in [4.69, 9.17) is 17.0 Å². The Labute approximate surface area is 192 Å². The molecule has 3 aromatic rings. The Bertz CT molecular complexity index is 1160. The van der Waals surface area contributed by atoms with Crippen LogP contribution in [0.25, 0.3) is 0 Å². The van der Waals surface area contributed by atoms with E-state index < -0.39 is 0 Å². The van der Waals surface area contributed by atoms with Crippen LogP contribution in [0.4, 0.5) is 11.4 Å². The molecule has 32 heavy (non-hydrogen) atoms. The number of anilines is 2. The molecule has 4 rings (SSSR count). The molecular formula is C25H23N3O3S. The normalized spacial score (nSPS) is 12.3. The monoisotopic (exact) mass is 445 g/mol. The van der Waals surface area contributed by atoms with E-state index in [-0.39, 0.29) is 16.9 Å². The second-order valence-electron chi connectivity index (χ2n) is 7.38. The summed E-state index contributed by atoms with van der Waals surface area (Å²) < 4.78 is 5.57. The average molecular weight is 446 g/mol. The summed E-state index contributed by atoms with van der Waals surface area (Å²) in [6.45, 7) is 3.17. The van der Waals surface area contributed by atoms with Gasteiger partial charge in [-0.25, -0.2) is 0 Å². The van der Waals surface area contributed by atoms with E-state index in [1.54, 1.807) is 23.1 Å². The van der Waals surface area contributed by atoms with Crippen molar-refractivity contribution in [3.63, 3.8) is 0 Å². The molecule has 1 heterocycles. The van der Waals surface area contributed by atoms with Crippen LogP contribution in [0.3, 0.4) is 0 Å². The van der Waals surface area contributed by atoms with Gasteiger partial charge in [0.15, 0.2) is 5.11 Å². The summed E-state index contributed by atoms with van der Waals surface area (Å²) >= 11 is 5.28. The maximum Gasteiger partial charge on any atom is 0.258 e. The van der Waals surface area contributed by atoms with Crippen LogP contribution in [0.5, 0.6) is 5.75 Å². The highest BCUT2D eigenvalue weighted by Crippen LogP contribution is 2.28. The zero-order valence-electron chi connectivity index (χ0n) is 17.6. The van der Waals surface area contributed by atoms with Gasteiger partial charge in [0.2, 0.25) is 0 Å². The molecule has 2 amide bonds. The zero-order chi connectivity index (χ0) is 22.5. The molecule has 162 valence electrons. The predicted octanol–water partition coefficient (Wildman–Crippen LogP) is 4.76. The largest absolute Gasteiger partial charge is 0.494 e. The first-order valence-corrected chi connectivity index (χ1v) is 10.8. The standard InChI is InChI=1S/C25H23N3O3S/c1-2-14-31-21-8-5-7-17(15-21)23(29)27-25(32)26-19-10-12-20(13-11-19)28-16-18-6-3-4-9-22(18)24(28)30/h3-13,15H,2,14,16H2,1H3,(H2,26,27,29,32). The van der Waals surface area contributed by atoms with Gasteiger partial charge in [-0.15, -0.1) is 0 Å². The van der Waals surface area contributed by atoms with Gasteiger partial charge in [0.05, 0.1) is 13.2 Å². The summed E-state index contributed by atoms with van der Waals surface area (Å²) in [7, 11) is 0. The van der Waals surface area contributed by atoms with Crippen molar-refractivity contribution >= 4 is 40.5 Å². The molecule has 1 aliphatic rings. The second-order valence-corrected chi connectivity index (χ2v) is 7.79. The molecule has 0 aliphatic carbocycles. The number of benzene rings is 3. The SMILES string of the molecule is CCCOc1cccc(C(=O)NC(=S)Nc2ccc(N3Cc4ccccc4C3=O)cc2)c1. The van der Waals surface area contributed by atoms with E-state index in [1.807, 2.05) is 61.5 Å². The second kappa shape index (κ2) is 9.62. The summed E-state index contributed by atoms with van der Waals surface area (Å²) in [5.41, 5.74) is 3.74. The Hall–Kier alpha value is -3.71. The summed E-state index contributed by atoms with van der Waals surface area (Å²) in [5.74, 6) is 0.323. The number of ether oxygens (including phenoxy) is 1. The molecule has 0 spiro atoms. The highest BCUT2D eigenvalue weighted by molar-refractivity contribution is 7.80. The van der Waals surface area contributed by atoms with Gasteiger partial charge in [-0.2, -0.15) is 0 Å². The molecule has 2 N–H and O–H groups in total. The van der Waals surface area contributed by atoms with Crippen molar-refractivity contribution in [3.05, 3.63) is 89.5 Å². The van der Waals surface area contributed by atoms with Gasteiger partial charge in [-0.05, 0) is 72.7 Å². The fourth-order valence-electron chi connectivity index (χ4n) is 3.47. The van der Waals surface area contributed by atoms with Gasteiger partial charge >= 0.3 is 0 Å². The third-order valence-corrected chi connectivity index (χ3v) is 5.26. The van der Waals surface area contributed by atoms with Gasteiger partial charge in [-0.1, -0.05) is 31.2 Å². The Balaban J connectivity index is 1.35. The number of amides is 2. The summed E-state index contributed by atoms with van der Waals surface area (Å²) in [6, 6.07) is 22.0. The maximum absolute atomic E-state index is 12.6. The molecule has 0 atom stereocenters. The zero-order valence-corrected chi connectivity index (χ0v) is 18.4. The first-order valence-electron chi connectivity index (χ1n) is 10.4. The molecule has 0 radical (unpaired) electrons. The molecule has 0 unspecified atom stereocenters. The van der Waals surface area contributed by atoms with Gasteiger partial charge in [0.1, 0.15) is 5.75 Å².